The zero-order chi connectivity index (χ0) is 12.0. The van der Waals surface area contributed by atoms with Crippen LogP contribution in [0.2, 0.25) is 5.02 Å². The molecule has 0 radical (unpaired) electrons. The van der Waals surface area contributed by atoms with Gasteiger partial charge in [-0.05, 0) is 24.3 Å². The Morgan fingerprint density at radius 3 is 2.94 bits per heavy atom. The van der Waals surface area contributed by atoms with Gasteiger partial charge in [-0.25, -0.2) is 10.1 Å². The van der Waals surface area contributed by atoms with Crippen molar-refractivity contribution >= 4 is 33.4 Å². The van der Waals surface area contributed by atoms with E-state index in [2.05, 4.69) is 15.2 Å². The van der Waals surface area contributed by atoms with Gasteiger partial charge in [0.2, 0.25) is 0 Å². The van der Waals surface area contributed by atoms with Crippen molar-refractivity contribution in [2.45, 2.75) is 0 Å². The Morgan fingerprint density at radius 1 is 1.29 bits per heavy atom. The molecule has 0 bridgehead atoms. The van der Waals surface area contributed by atoms with Crippen LogP contribution in [0.5, 0.6) is 5.88 Å². The Labute approximate surface area is 99.7 Å². The van der Waals surface area contributed by atoms with Crippen LogP contribution >= 0.6 is 11.6 Å². The summed E-state index contributed by atoms with van der Waals surface area (Å²) in [6.07, 6.45) is 0. The molecule has 0 aliphatic carbocycles. The minimum absolute atomic E-state index is 0.184. The summed E-state index contributed by atoms with van der Waals surface area (Å²) < 4.78 is 0. The van der Waals surface area contributed by atoms with Gasteiger partial charge in [-0.15, -0.1) is 5.10 Å². The third-order valence-electron chi connectivity index (χ3n) is 2.50. The molecule has 84 valence electrons. The molecule has 0 amide bonds. The van der Waals surface area contributed by atoms with Crippen LogP contribution in [0.25, 0.3) is 21.8 Å². The van der Waals surface area contributed by atoms with Gasteiger partial charge in [-0.2, -0.15) is 0 Å². The van der Waals surface area contributed by atoms with Crippen LogP contribution in [0.3, 0.4) is 0 Å². The fraction of sp³-hybridized carbons (Fsp3) is 0. The summed E-state index contributed by atoms with van der Waals surface area (Å²) in [6, 6.07) is 6.75. The summed E-state index contributed by atoms with van der Waals surface area (Å²) >= 11 is 5.87. The van der Waals surface area contributed by atoms with Crippen LogP contribution in [0, 0.1) is 0 Å². The predicted octanol–water partition coefficient (Wildman–Crippen LogP) is 1.83. The number of nitrogens with zero attached hydrogens (tertiary/aromatic N) is 2. The standard InChI is InChI=1S/C11H6ClN3O2/c12-6-1-2-8-5(3-6)4-7-9(13-8)11(17)15-14-10(7)16/h1-4H,(H,14,16)(H,15,17). The number of aromatic hydroxyl groups is 1. The zero-order valence-corrected chi connectivity index (χ0v) is 9.19. The quantitative estimate of drug-likeness (QED) is 0.594. The van der Waals surface area contributed by atoms with Crippen LogP contribution in [0.15, 0.2) is 29.1 Å². The Bertz CT molecular complexity index is 798. The molecule has 0 aliphatic heterocycles. The smallest absolute Gasteiger partial charge is 0.273 e. The van der Waals surface area contributed by atoms with Gasteiger partial charge in [-0.3, -0.25) is 4.79 Å². The molecule has 0 spiro atoms. The molecule has 6 heteroatoms. The zero-order valence-electron chi connectivity index (χ0n) is 8.44. The Morgan fingerprint density at radius 2 is 2.12 bits per heavy atom. The number of hydrogen-bond donors (Lipinski definition) is 2. The van der Waals surface area contributed by atoms with Gasteiger partial charge in [0.25, 0.3) is 11.4 Å². The fourth-order valence-corrected chi connectivity index (χ4v) is 1.89. The Hall–Kier alpha value is -2.14. The second-order valence-electron chi connectivity index (χ2n) is 3.60. The summed E-state index contributed by atoms with van der Waals surface area (Å²) in [5.41, 5.74) is 0.431. The average Bonchev–Trinajstić information content (AvgIpc) is 2.32. The topological polar surface area (TPSA) is 78.9 Å². The van der Waals surface area contributed by atoms with Gasteiger partial charge in [0.1, 0.15) is 5.52 Å². The minimum Gasteiger partial charge on any atom is -0.491 e. The highest BCUT2D eigenvalue weighted by molar-refractivity contribution is 6.31. The number of H-pyrrole nitrogens is 1. The van der Waals surface area contributed by atoms with Crippen LogP contribution in [-0.4, -0.2) is 20.3 Å². The van der Waals surface area contributed by atoms with E-state index in [0.29, 0.717) is 10.5 Å². The van der Waals surface area contributed by atoms with E-state index < -0.39 is 5.56 Å². The van der Waals surface area contributed by atoms with Crippen molar-refractivity contribution in [1.82, 2.24) is 15.2 Å². The fourth-order valence-electron chi connectivity index (χ4n) is 1.71. The normalized spacial score (nSPS) is 11.1. The number of halogens is 1. The highest BCUT2D eigenvalue weighted by Gasteiger charge is 2.08. The van der Waals surface area contributed by atoms with Crippen molar-refractivity contribution in [3.8, 4) is 5.88 Å². The van der Waals surface area contributed by atoms with Gasteiger partial charge in [0.05, 0.1) is 10.9 Å². The lowest BCUT2D eigenvalue weighted by atomic mass is 10.1. The van der Waals surface area contributed by atoms with E-state index in [4.69, 9.17) is 11.6 Å². The molecule has 2 aromatic heterocycles. The molecular weight excluding hydrogens is 242 g/mol. The first-order chi connectivity index (χ1) is 8.15. The van der Waals surface area contributed by atoms with E-state index in [9.17, 15) is 9.90 Å². The van der Waals surface area contributed by atoms with Crippen molar-refractivity contribution in [2.75, 3.05) is 0 Å². The highest BCUT2D eigenvalue weighted by atomic mass is 35.5. The summed E-state index contributed by atoms with van der Waals surface area (Å²) in [5, 5.41) is 16.8. The minimum atomic E-state index is -0.396. The number of nitrogens with one attached hydrogen (secondary N) is 1. The van der Waals surface area contributed by atoms with Crippen LogP contribution in [0.4, 0.5) is 0 Å². The first-order valence-corrected chi connectivity index (χ1v) is 5.20. The van der Waals surface area contributed by atoms with Gasteiger partial charge in [-0.1, -0.05) is 11.6 Å². The lowest BCUT2D eigenvalue weighted by Gasteiger charge is -2.02. The number of benzene rings is 1. The van der Waals surface area contributed by atoms with E-state index >= 15 is 0 Å². The first-order valence-electron chi connectivity index (χ1n) is 4.83. The third-order valence-corrected chi connectivity index (χ3v) is 2.73. The van der Waals surface area contributed by atoms with Crippen molar-refractivity contribution in [3.05, 3.63) is 39.6 Å². The molecule has 0 fully saturated rings. The molecule has 5 nitrogen and oxygen atoms in total. The van der Waals surface area contributed by atoms with Gasteiger partial charge in [0, 0.05) is 10.4 Å². The summed E-state index contributed by atoms with van der Waals surface area (Å²) in [4.78, 5) is 15.7. The lowest BCUT2D eigenvalue weighted by Crippen LogP contribution is -2.08. The highest BCUT2D eigenvalue weighted by Crippen LogP contribution is 2.23. The monoisotopic (exact) mass is 247 g/mol. The maximum absolute atomic E-state index is 11.6. The largest absolute Gasteiger partial charge is 0.491 e. The number of hydrogen-bond acceptors (Lipinski definition) is 4. The Balaban J connectivity index is 2.56. The molecule has 0 unspecified atom stereocenters. The number of pyridine rings is 1. The second-order valence-corrected chi connectivity index (χ2v) is 4.03. The van der Waals surface area contributed by atoms with Crippen molar-refractivity contribution in [2.24, 2.45) is 0 Å². The van der Waals surface area contributed by atoms with Crippen LogP contribution in [-0.2, 0) is 0 Å². The third kappa shape index (κ3) is 1.52. The summed E-state index contributed by atoms with van der Waals surface area (Å²) in [7, 11) is 0. The molecule has 0 aliphatic rings. The summed E-state index contributed by atoms with van der Waals surface area (Å²) in [6.45, 7) is 0. The van der Waals surface area contributed by atoms with Gasteiger partial charge < -0.3 is 5.11 Å². The molecule has 2 N–H and O–H groups in total. The number of aromatic amines is 1. The van der Waals surface area contributed by atoms with Gasteiger partial charge in [0.15, 0.2) is 0 Å². The SMILES string of the molecule is O=c1[nH]nc(O)c2nc3ccc(Cl)cc3cc12. The number of fused-ring (bicyclic) bond motifs is 2. The van der Waals surface area contributed by atoms with Crippen molar-refractivity contribution < 1.29 is 5.11 Å². The molecule has 2 heterocycles. The lowest BCUT2D eigenvalue weighted by molar-refractivity contribution is 0.450. The number of aromatic nitrogens is 3. The summed E-state index contributed by atoms with van der Waals surface area (Å²) in [5.74, 6) is -0.295. The maximum atomic E-state index is 11.6. The average molecular weight is 248 g/mol. The molecular formula is C11H6ClN3O2. The van der Waals surface area contributed by atoms with E-state index in [-0.39, 0.29) is 16.8 Å². The van der Waals surface area contributed by atoms with E-state index in [0.717, 1.165) is 5.39 Å². The number of rotatable bonds is 0. The van der Waals surface area contributed by atoms with Crippen molar-refractivity contribution in [3.63, 3.8) is 0 Å². The predicted molar refractivity (Wildman–Crippen MR) is 64.3 cm³/mol. The van der Waals surface area contributed by atoms with Gasteiger partial charge >= 0.3 is 0 Å². The first kappa shape index (κ1) is 10.0. The Kier molecular flexibility index (Phi) is 2.02. The molecule has 0 atom stereocenters. The van der Waals surface area contributed by atoms with Crippen LogP contribution < -0.4 is 5.56 Å². The van der Waals surface area contributed by atoms with Crippen LogP contribution in [0.1, 0.15) is 0 Å². The maximum Gasteiger partial charge on any atom is 0.273 e. The van der Waals surface area contributed by atoms with E-state index in [1.807, 2.05) is 0 Å². The molecule has 17 heavy (non-hydrogen) atoms. The molecule has 1 aromatic carbocycles. The molecule has 3 rings (SSSR count). The molecule has 3 aromatic rings. The van der Waals surface area contributed by atoms with Crippen molar-refractivity contribution in [1.29, 1.82) is 0 Å². The second kappa shape index (κ2) is 3.43. The van der Waals surface area contributed by atoms with E-state index in [1.165, 1.54) is 0 Å². The molecule has 0 saturated heterocycles. The molecule has 0 saturated carbocycles. The van der Waals surface area contributed by atoms with E-state index in [1.54, 1.807) is 24.3 Å².